The van der Waals surface area contributed by atoms with Gasteiger partial charge in [0.2, 0.25) is 0 Å². The summed E-state index contributed by atoms with van der Waals surface area (Å²) >= 11 is 3.41. The van der Waals surface area contributed by atoms with E-state index in [0.717, 1.165) is 5.33 Å². The molecule has 0 heterocycles. The van der Waals surface area contributed by atoms with E-state index in [-0.39, 0.29) is 0 Å². The Morgan fingerprint density at radius 1 is 1.30 bits per heavy atom. The number of hydrogen-bond donors (Lipinski definition) is 0. The van der Waals surface area contributed by atoms with Gasteiger partial charge in [0.25, 0.3) is 0 Å². The van der Waals surface area contributed by atoms with Gasteiger partial charge in [0.1, 0.15) is 0 Å². The Morgan fingerprint density at radius 3 is 2.20 bits per heavy atom. The maximum absolute atomic E-state index is 3.41. The molecule has 10 heavy (non-hydrogen) atoms. The highest BCUT2D eigenvalue weighted by Crippen LogP contribution is 2.10. The third-order valence-corrected chi connectivity index (χ3v) is 2.00. The monoisotopic (exact) mass is 197 g/mol. The van der Waals surface area contributed by atoms with Gasteiger partial charge in [0, 0.05) is 5.33 Å². The van der Waals surface area contributed by atoms with Crippen LogP contribution in [-0.2, 0) is 5.33 Å². The predicted octanol–water partition coefficient (Wildman–Crippen LogP) is 3.00. The fourth-order valence-corrected chi connectivity index (χ4v) is 1.38. The minimum atomic E-state index is 0.934. The minimum absolute atomic E-state index is 0.934. The van der Waals surface area contributed by atoms with Crippen LogP contribution in [0.15, 0.2) is 12.1 Å². The van der Waals surface area contributed by atoms with Gasteiger partial charge in [-0.1, -0.05) is 28.1 Å². The molecule has 1 heteroatoms. The van der Waals surface area contributed by atoms with Gasteiger partial charge in [-0.15, -0.1) is 0 Å². The summed E-state index contributed by atoms with van der Waals surface area (Å²) in [5.74, 6) is 0. The summed E-state index contributed by atoms with van der Waals surface area (Å²) in [5.41, 5.74) is 3.76. The van der Waals surface area contributed by atoms with Crippen molar-refractivity contribution in [3.63, 3.8) is 0 Å². The summed E-state index contributed by atoms with van der Waals surface area (Å²) in [6.07, 6.45) is 0. The first-order valence-electron chi connectivity index (χ1n) is 3.28. The second-order valence-electron chi connectivity index (χ2n) is 2.49. The van der Waals surface area contributed by atoms with Crippen molar-refractivity contribution in [1.29, 1.82) is 0 Å². The van der Waals surface area contributed by atoms with Gasteiger partial charge in [0.05, 0.1) is 0 Å². The zero-order valence-electron chi connectivity index (χ0n) is 6.24. The molecule has 0 atom stereocenters. The van der Waals surface area contributed by atoms with Crippen LogP contribution >= 0.6 is 15.9 Å². The van der Waals surface area contributed by atoms with E-state index in [0.29, 0.717) is 0 Å². The maximum atomic E-state index is 3.41. The molecule has 0 saturated heterocycles. The lowest BCUT2D eigenvalue weighted by Crippen LogP contribution is -1.82. The van der Waals surface area contributed by atoms with Crippen LogP contribution < -0.4 is 0 Å². The van der Waals surface area contributed by atoms with Crippen LogP contribution in [0.3, 0.4) is 0 Å². The van der Waals surface area contributed by atoms with Crippen molar-refractivity contribution in [2.75, 3.05) is 0 Å². The van der Waals surface area contributed by atoms with E-state index in [1.165, 1.54) is 16.7 Å². The van der Waals surface area contributed by atoms with E-state index < -0.39 is 0 Å². The molecular weight excluding hydrogens is 188 g/mol. The zero-order chi connectivity index (χ0) is 7.56. The molecule has 0 aliphatic heterocycles. The predicted molar refractivity (Wildman–Crippen MR) is 47.4 cm³/mol. The number of hydrogen-bond acceptors (Lipinski definition) is 0. The van der Waals surface area contributed by atoms with Crippen molar-refractivity contribution >= 4 is 15.9 Å². The number of rotatable bonds is 1. The van der Waals surface area contributed by atoms with Crippen LogP contribution in [0.25, 0.3) is 0 Å². The number of benzene rings is 1. The van der Waals surface area contributed by atoms with E-state index in [1.54, 1.807) is 0 Å². The highest BCUT2D eigenvalue weighted by Gasteiger charge is 1.92. The van der Waals surface area contributed by atoms with Gasteiger partial charge >= 0.3 is 0 Å². The van der Waals surface area contributed by atoms with Crippen molar-refractivity contribution in [2.45, 2.75) is 19.2 Å². The molecule has 0 aliphatic carbocycles. The summed E-state index contributed by atoms with van der Waals surface area (Å²) in [5, 5.41) is 0.934. The molecule has 0 unspecified atom stereocenters. The number of alkyl halides is 1. The standard InChI is InChI=1S/C9H10Br/c1-7-3-8(2)5-9(4-7)6-10/h4-5H,6H2,1-2H3. The van der Waals surface area contributed by atoms with Crippen LogP contribution in [0.4, 0.5) is 0 Å². The second kappa shape index (κ2) is 3.20. The normalized spacial score (nSPS) is 9.90. The largest absolute Gasteiger partial charge is 0.0876 e. The van der Waals surface area contributed by atoms with Crippen LogP contribution in [0, 0.1) is 19.9 Å². The van der Waals surface area contributed by atoms with E-state index in [9.17, 15) is 0 Å². The zero-order valence-corrected chi connectivity index (χ0v) is 7.83. The average molecular weight is 198 g/mol. The fourth-order valence-electron chi connectivity index (χ4n) is 1.06. The topological polar surface area (TPSA) is 0 Å². The third-order valence-electron chi connectivity index (χ3n) is 1.35. The van der Waals surface area contributed by atoms with Crippen molar-refractivity contribution in [3.05, 3.63) is 34.9 Å². The first-order valence-corrected chi connectivity index (χ1v) is 4.40. The Morgan fingerprint density at radius 2 is 1.80 bits per heavy atom. The fraction of sp³-hybridized carbons (Fsp3) is 0.333. The molecule has 1 radical (unpaired) electrons. The molecule has 0 bridgehead atoms. The van der Waals surface area contributed by atoms with Crippen LogP contribution in [0.5, 0.6) is 0 Å². The first-order chi connectivity index (χ1) is 4.72. The van der Waals surface area contributed by atoms with Gasteiger partial charge in [-0.05, 0) is 36.6 Å². The first kappa shape index (κ1) is 7.80. The lowest BCUT2D eigenvalue weighted by Gasteiger charge is -1.98. The van der Waals surface area contributed by atoms with E-state index in [1.807, 2.05) is 0 Å². The molecule has 0 fully saturated rings. The maximum Gasteiger partial charge on any atom is 0.0283 e. The van der Waals surface area contributed by atoms with Crippen molar-refractivity contribution in [3.8, 4) is 0 Å². The molecule has 0 nitrogen and oxygen atoms in total. The Bertz CT molecular complexity index is 208. The molecule has 53 valence electrons. The highest BCUT2D eigenvalue weighted by atomic mass is 79.9. The minimum Gasteiger partial charge on any atom is -0.0876 e. The molecule has 0 aliphatic rings. The average Bonchev–Trinajstić information content (AvgIpc) is 1.85. The number of aryl methyl sites for hydroxylation is 2. The summed E-state index contributed by atoms with van der Waals surface area (Å²) in [4.78, 5) is 0. The van der Waals surface area contributed by atoms with E-state index in [2.05, 4.69) is 48.0 Å². The molecule has 1 aromatic carbocycles. The molecule has 0 amide bonds. The molecule has 0 aromatic heterocycles. The van der Waals surface area contributed by atoms with Crippen LogP contribution in [0.1, 0.15) is 16.7 Å². The lowest BCUT2D eigenvalue weighted by molar-refractivity contribution is 1.30. The van der Waals surface area contributed by atoms with Gasteiger partial charge in [-0.25, -0.2) is 0 Å². The molecule has 1 aromatic rings. The van der Waals surface area contributed by atoms with Crippen LogP contribution in [0.2, 0.25) is 0 Å². The quantitative estimate of drug-likeness (QED) is 0.608. The molecule has 1 rings (SSSR count). The summed E-state index contributed by atoms with van der Waals surface area (Å²) in [7, 11) is 0. The summed E-state index contributed by atoms with van der Waals surface area (Å²) in [6.45, 7) is 4.14. The molecule has 0 spiro atoms. The lowest BCUT2D eigenvalue weighted by atomic mass is 10.1. The summed E-state index contributed by atoms with van der Waals surface area (Å²) < 4.78 is 0. The van der Waals surface area contributed by atoms with Gasteiger partial charge in [-0.3, -0.25) is 0 Å². The van der Waals surface area contributed by atoms with Crippen molar-refractivity contribution < 1.29 is 0 Å². The van der Waals surface area contributed by atoms with E-state index in [4.69, 9.17) is 0 Å². The Kier molecular flexibility index (Phi) is 2.50. The van der Waals surface area contributed by atoms with Crippen molar-refractivity contribution in [2.24, 2.45) is 0 Å². The molecule has 0 saturated carbocycles. The van der Waals surface area contributed by atoms with Gasteiger partial charge < -0.3 is 0 Å². The molecular formula is C9H10Br. The van der Waals surface area contributed by atoms with Crippen molar-refractivity contribution in [1.82, 2.24) is 0 Å². The van der Waals surface area contributed by atoms with E-state index >= 15 is 0 Å². The Hall–Kier alpha value is -0.300. The van der Waals surface area contributed by atoms with Gasteiger partial charge in [0.15, 0.2) is 0 Å². The van der Waals surface area contributed by atoms with Crippen LogP contribution in [-0.4, -0.2) is 0 Å². The second-order valence-corrected chi connectivity index (χ2v) is 3.05. The SMILES string of the molecule is Cc1[c]c(C)cc(CBr)c1. The Labute approximate surface area is 70.4 Å². The van der Waals surface area contributed by atoms with Gasteiger partial charge in [-0.2, -0.15) is 0 Å². The molecule has 0 N–H and O–H groups in total. The number of halogens is 1. The Balaban J connectivity index is 3.06. The third kappa shape index (κ3) is 1.84. The highest BCUT2D eigenvalue weighted by molar-refractivity contribution is 9.08. The smallest absolute Gasteiger partial charge is 0.0283 e. The summed E-state index contributed by atoms with van der Waals surface area (Å²) in [6, 6.07) is 7.51.